The average molecular weight is 279 g/mol. The molecule has 1 aromatic carbocycles. The quantitative estimate of drug-likeness (QED) is 0.719. The van der Waals surface area contributed by atoms with E-state index in [1.807, 2.05) is 30.3 Å². The molecule has 0 bridgehead atoms. The van der Waals surface area contributed by atoms with E-state index in [0.29, 0.717) is 5.69 Å². The zero-order valence-corrected chi connectivity index (χ0v) is 10.7. The van der Waals surface area contributed by atoms with Crippen LogP contribution in [0.4, 0.5) is 0 Å². The zero-order chi connectivity index (χ0) is 13.8. The Labute approximate surface area is 113 Å². The van der Waals surface area contributed by atoms with E-state index < -0.39 is 18.2 Å². The van der Waals surface area contributed by atoms with Crippen LogP contribution in [-0.4, -0.2) is 32.6 Å². The van der Waals surface area contributed by atoms with Crippen LogP contribution < -0.4 is 0 Å². The number of aromatic nitrogens is 1. The number of aliphatic hydroxyl groups is 2. The van der Waals surface area contributed by atoms with Crippen LogP contribution in [0.3, 0.4) is 0 Å². The molecule has 2 aromatic rings. The standard InChI is InChI=1S/C13H13NO4S/c15-12(16)10(13(17)18)6-9-7-19-11(14-9)8-4-2-1-3-5-8/h1-5,7,10,12,15-16H,6H2,(H,17,18). The molecule has 1 heterocycles. The molecule has 19 heavy (non-hydrogen) atoms. The van der Waals surface area contributed by atoms with Crippen molar-refractivity contribution < 1.29 is 20.1 Å². The third kappa shape index (κ3) is 3.37. The highest BCUT2D eigenvalue weighted by Crippen LogP contribution is 2.24. The van der Waals surface area contributed by atoms with Crippen LogP contribution in [-0.2, 0) is 11.2 Å². The van der Waals surface area contributed by atoms with Gasteiger partial charge < -0.3 is 15.3 Å². The fraction of sp³-hybridized carbons (Fsp3) is 0.231. The normalized spacial score (nSPS) is 12.6. The van der Waals surface area contributed by atoms with Crippen molar-refractivity contribution in [3.8, 4) is 10.6 Å². The fourth-order valence-corrected chi connectivity index (χ4v) is 2.50. The van der Waals surface area contributed by atoms with Gasteiger partial charge in [-0.3, -0.25) is 4.79 Å². The monoisotopic (exact) mass is 279 g/mol. The molecule has 5 nitrogen and oxygen atoms in total. The van der Waals surface area contributed by atoms with Gasteiger partial charge in [0.1, 0.15) is 10.9 Å². The van der Waals surface area contributed by atoms with Gasteiger partial charge in [0, 0.05) is 17.4 Å². The Balaban J connectivity index is 2.16. The molecule has 0 aliphatic carbocycles. The van der Waals surface area contributed by atoms with Gasteiger partial charge >= 0.3 is 5.97 Å². The van der Waals surface area contributed by atoms with Crippen LogP contribution >= 0.6 is 11.3 Å². The van der Waals surface area contributed by atoms with E-state index in [9.17, 15) is 4.79 Å². The Morgan fingerprint density at radius 3 is 2.53 bits per heavy atom. The Morgan fingerprint density at radius 1 is 1.26 bits per heavy atom. The minimum atomic E-state index is -1.89. The molecule has 1 atom stereocenters. The summed E-state index contributed by atoms with van der Waals surface area (Å²) in [6.45, 7) is 0. The van der Waals surface area contributed by atoms with E-state index in [4.69, 9.17) is 15.3 Å². The number of thiazole rings is 1. The lowest BCUT2D eigenvalue weighted by Gasteiger charge is -2.12. The van der Waals surface area contributed by atoms with Crippen LogP contribution in [0.2, 0.25) is 0 Å². The highest BCUT2D eigenvalue weighted by atomic mass is 32.1. The van der Waals surface area contributed by atoms with Crippen molar-refractivity contribution in [2.45, 2.75) is 12.7 Å². The Morgan fingerprint density at radius 2 is 1.95 bits per heavy atom. The van der Waals surface area contributed by atoms with E-state index in [-0.39, 0.29) is 6.42 Å². The zero-order valence-electron chi connectivity index (χ0n) is 9.93. The summed E-state index contributed by atoms with van der Waals surface area (Å²) in [6.07, 6.45) is -1.89. The lowest BCUT2D eigenvalue weighted by Crippen LogP contribution is -2.29. The van der Waals surface area contributed by atoms with Gasteiger partial charge in [-0.15, -0.1) is 11.3 Å². The van der Waals surface area contributed by atoms with Crippen LogP contribution in [0.15, 0.2) is 35.7 Å². The number of aliphatic hydroxyl groups excluding tert-OH is 1. The number of aliphatic carboxylic acids is 1. The largest absolute Gasteiger partial charge is 0.481 e. The second-order valence-electron chi connectivity index (χ2n) is 4.07. The second-order valence-corrected chi connectivity index (χ2v) is 4.93. The topological polar surface area (TPSA) is 90.7 Å². The van der Waals surface area contributed by atoms with E-state index in [1.165, 1.54) is 11.3 Å². The number of carboxylic acid groups (broad SMARTS) is 1. The molecule has 1 aromatic heterocycles. The Bertz CT molecular complexity index is 553. The van der Waals surface area contributed by atoms with Crippen molar-refractivity contribution in [3.63, 3.8) is 0 Å². The van der Waals surface area contributed by atoms with E-state index in [2.05, 4.69) is 4.98 Å². The van der Waals surface area contributed by atoms with Gasteiger partial charge in [0.15, 0.2) is 6.29 Å². The van der Waals surface area contributed by atoms with Crippen molar-refractivity contribution in [3.05, 3.63) is 41.4 Å². The van der Waals surface area contributed by atoms with Gasteiger partial charge in [0.05, 0.1) is 5.69 Å². The van der Waals surface area contributed by atoms with Crippen molar-refractivity contribution in [2.75, 3.05) is 0 Å². The van der Waals surface area contributed by atoms with E-state index in [0.717, 1.165) is 10.6 Å². The highest BCUT2D eigenvalue weighted by molar-refractivity contribution is 7.13. The van der Waals surface area contributed by atoms with Crippen LogP contribution in [0.5, 0.6) is 0 Å². The van der Waals surface area contributed by atoms with E-state index >= 15 is 0 Å². The SMILES string of the molecule is O=C(O)C(Cc1csc(-c2ccccc2)n1)C(O)O. The molecule has 0 aliphatic heterocycles. The summed E-state index contributed by atoms with van der Waals surface area (Å²) < 4.78 is 0. The number of carboxylic acids is 1. The predicted molar refractivity (Wildman–Crippen MR) is 70.6 cm³/mol. The maximum absolute atomic E-state index is 10.9. The second kappa shape index (κ2) is 5.92. The first-order valence-corrected chi connectivity index (χ1v) is 6.54. The van der Waals surface area contributed by atoms with Crippen molar-refractivity contribution in [1.82, 2.24) is 4.98 Å². The minimum absolute atomic E-state index is 0.00364. The molecule has 0 amide bonds. The third-order valence-corrected chi connectivity index (χ3v) is 3.62. The molecule has 100 valence electrons. The number of benzene rings is 1. The van der Waals surface area contributed by atoms with Gasteiger partial charge in [-0.2, -0.15) is 0 Å². The number of hydrogen-bond donors (Lipinski definition) is 3. The first-order valence-electron chi connectivity index (χ1n) is 5.66. The maximum atomic E-state index is 10.9. The Kier molecular flexibility index (Phi) is 4.26. The van der Waals surface area contributed by atoms with Gasteiger partial charge in [-0.25, -0.2) is 4.98 Å². The molecular weight excluding hydrogens is 266 g/mol. The molecule has 6 heteroatoms. The molecule has 0 spiro atoms. The Hall–Kier alpha value is -1.76. The predicted octanol–water partition coefficient (Wildman–Crippen LogP) is 1.36. The van der Waals surface area contributed by atoms with Gasteiger partial charge in [-0.1, -0.05) is 30.3 Å². The maximum Gasteiger partial charge on any atom is 0.312 e. The van der Waals surface area contributed by atoms with Gasteiger partial charge in [0.2, 0.25) is 0 Å². The highest BCUT2D eigenvalue weighted by Gasteiger charge is 2.26. The molecule has 0 fully saturated rings. The summed E-state index contributed by atoms with van der Waals surface area (Å²) in [4.78, 5) is 15.2. The summed E-state index contributed by atoms with van der Waals surface area (Å²) in [6, 6.07) is 9.53. The van der Waals surface area contributed by atoms with Crippen molar-refractivity contribution >= 4 is 17.3 Å². The fourth-order valence-electron chi connectivity index (χ4n) is 1.66. The average Bonchev–Trinajstić information content (AvgIpc) is 2.85. The molecule has 0 saturated carbocycles. The van der Waals surface area contributed by atoms with Crippen LogP contribution in [0.1, 0.15) is 5.69 Å². The lowest BCUT2D eigenvalue weighted by atomic mass is 10.0. The van der Waals surface area contributed by atoms with Gasteiger partial charge in [-0.05, 0) is 0 Å². The lowest BCUT2D eigenvalue weighted by molar-refractivity contribution is -0.158. The molecule has 0 aliphatic rings. The summed E-state index contributed by atoms with van der Waals surface area (Å²) >= 11 is 1.40. The summed E-state index contributed by atoms with van der Waals surface area (Å²) in [5.41, 5.74) is 1.50. The van der Waals surface area contributed by atoms with E-state index in [1.54, 1.807) is 5.38 Å². The molecular formula is C13H13NO4S. The molecule has 0 saturated heterocycles. The number of rotatable bonds is 5. The summed E-state index contributed by atoms with van der Waals surface area (Å²) in [7, 11) is 0. The molecule has 2 rings (SSSR count). The smallest absolute Gasteiger partial charge is 0.312 e. The first kappa shape index (κ1) is 13.7. The van der Waals surface area contributed by atoms with Crippen LogP contribution in [0, 0.1) is 5.92 Å². The molecule has 1 unspecified atom stereocenters. The van der Waals surface area contributed by atoms with Crippen molar-refractivity contribution in [1.29, 1.82) is 0 Å². The first-order chi connectivity index (χ1) is 9.08. The van der Waals surface area contributed by atoms with Gasteiger partial charge in [0.25, 0.3) is 0 Å². The molecule has 3 N–H and O–H groups in total. The molecule has 0 radical (unpaired) electrons. The summed E-state index contributed by atoms with van der Waals surface area (Å²) in [5, 5.41) is 29.4. The van der Waals surface area contributed by atoms with Crippen molar-refractivity contribution in [2.24, 2.45) is 5.92 Å². The minimum Gasteiger partial charge on any atom is -0.481 e. The van der Waals surface area contributed by atoms with Crippen LogP contribution in [0.25, 0.3) is 10.6 Å². The number of hydrogen-bond acceptors (Lipinski definition) is 5. The number of nitrogens with zero attached hydrogens (tertiary/aromatic N) is 1. The third-order valence-electron chi connectivity index (χ3n) is 2.68. The summed E-state index contributed by atoms with van der Waals surface area (Å²) in [5.74, 6) is -2.50. The number of carbonyl (C=O) groups is 1.